The number of hydrogen-bond acceptors (Lipinski definition) is 11. The lowest BCUT2D eigenvalue weighted by atomic mass is 10.1. The highest BCUT2D eigenvalue weighted by molar-refractivity contribution is 6.39. The number of amides is 3. The molecular formula is C38H33ClF3N9O6. The van der Waals surface area contributed by atoms with Crippen molar-refractivity contribution in [1.29, 1.82) is 0 Å². The van der Waals surface area contributed by atoms with Crippen molar-refractivity contribution in [1.82, 2.24) is 30.6 Å². The zero-order valence-corrected chi connectivity index (χ0v) is 30.4. The minimum atomic E-state index is -4.65. The predicted molar refractivity (Wildman–Crippen MR) is 202 cm³/mol. The van der Waals surface area contributed by atoms with Crippen molar-refractivity contribution in [2.75, 3.05) is 29.1 Å². The third kappa shape index (κ3) is 11.1. The number of aliphatic carboxylic acids is 1. The number of anilines is 4. The molecule has 6 N–H and O–H groups in total. The Morgan fingerprint density at radius 2 is 1.58 bits per heavy atom. The number of carboxylic acid groups (broad SMARTS) is 1. The van der Waals surface area contributed by atoms with Crippen molar-refractivity contribution in [3.8, 4) is 17.1 Å². The van der Waals surface area contributed by atoms with Gasteiger partial charge in [0.2, 0.25) is 11.9 Å². The highest BCUT2D eigenvalue weighted by Gasteiger charge is 2.45. The van der Waals surface area contributed by atoms with Crippen LogP contribution in [0.15, 0.2) is 97.3 Å². The molecule has 3 amide bonds. The van der Waals surface area contributed by atoms with E-state index >= 15 is 0 Å². The van der Waals surface area contributed by atoms with Gasteiger partial charge in [0.25, 0.3) is 5.91 Å². The second-order valence-corrected chi connectivity index (χ2v) is 13.2. The molecule has 19 heteroatoms. The van der Waals surface area contributed by atoms with Crippen LogP contribution in [-0.4, -0.2) is 74.1 Å². The maximum Gasteiger partial charge on any atom is 0.422 e. The molecule has 0 radical (unpaired) electrons. The molecule has 2 aromatic heterocycles. The Kier molecular flexibility index (Phi) is 12.1. The molecule has 1 fully saturated rings. The van der Waals surface area contributed by atoms with Gasteiger partial charge in [-0.05, 0) is 85.0 Å². The molecule has 57 heavy (non-hydrogen) atoms. The first-order chi connectivity index (χ1) is 27.2. The number of carbonyl (C=O) groups is 4. The lowest BCUT2D eigenvalue weighted by Gasteiger charge is -2.19. The molecule has 0 saturated heterocycles. The lowest BCUT2D eigenvalue weighted by molar-refractivity contribution is -0.154. The maximum absolute atomic E-state index is 13.0. The van der Waals surface area contributed by atoms with Crippen LogP contribution >= 0.6 is 11.6 Å². The number of benzene rings is 3. The number of ether oxygens (including phenoxy) is 1. The molecule has 1 atom stereocenters. The standard InChI is InChI=1S/C38H33ClF3N9O6/c39-26-10-8-25(9-11-26)37(15-16-37)51-35-48-34(49-36(50-35)57-21-38(40,41)42)46-27-12-6-22(7-13-27)30(52)47-29(33(55)56)14-18-44-31(53)32(54)45-28-5-1-3-23(19-28)24-4-2-17-43-20-24/h1-13,17,19-20,29H,14-16,18,21H2,(H,44,53)(H,45,54)(H,47,52)(H,55,56)(H2,46,48,49,50,51)/t29-/m0/s1. The lowest BCUT2D eigenvalue weighted by Crippen LogP contribution is -2.44. The minimum absolute atomic E-state index is 0.0452. The topological polar surface area (TPSA) is 209 Å². The van der Waals surface area contributed by atoms with Crippen LogP contribution in [0.2, 0.25) is 5.02 Å². The van der Waals surface area contributed by atoms with Gasteiger partial charge < -0.3 is 36.4 Å². The Morgan fingerprint density at radius 3 is 2.25 bits per heavy atom. The van der Waals surface area contributed by atoms with Crippen molar-refractivity contribution in [3.63, 3.8) is 0 Å². The number of nitrogens with zero attached hydrogens (tertiary/aromatic N) is 4. The van der Waals surface area contributed by atoms with Crippen LogP contribution in [0, 0.1) is 0 Å². The molecule has 0 bridgehead atoms. The van der Waals surface area contributed by atoms with E-state index in [0.717, 1.165) is 16.7 Å². The average molecular weight is 804 g/mol. The summed E-state index contributed by atoms with van der Waals surface area (Å²) in [4.78, 5) is 66.2. The summed E-state index contributed by atoms with van der Waals surface area (Å²) in [6, 6.07) is 21.1. The molecule has 1 aliphatic carbocycles. The van der Waals surface area contributed by atoms with Crippen LogP contribution in [0.5, 0.6) is 6.01 Å². The van der Waals surface area contributed by atoms with Gasteiger partial charge in [-0.3, -0.25) is 19.4 Å². The summed E-state index contributed by atoms with van der Waals surface area (Å²) in [6.45, 7) is -1.88. The van der Waals surface area contributed by atoms with Gasteiger partial charge >= 0.3 is 30.0 Å². The highest BCUT2D eigenvalue weighted by Crippen LogP contribution is 2.48. The van der Waals surface area contributed by atoms with Gasteiger partial charge in [0.1, 0.15) is 6.04 Å². The quantitative estimate of drug-likeness (QED) is 0.0705. The second kappa shape index (κ2) is 17.3. The number of rotatable bonds is 15. The average Bonchev–Trinajstić information content (AvgIpc) is 3.97. The first kappa shape index (κ1) is 39.9. The molecule has 1 aliphatic rings. The number of aromatic nitrogens is 4. The van der Waals surface area contributed by atoms with Crippen molar-refractivity contribution in [2.45, 2.75) is 37.0 Å². The molecule has 1 saturated carbocycles. The van der Waals surface area contributed by atoms with E-state index in [9.17, 15) is 37.5 Å². The normalized spacial score (nSPS) is 13.4. The summed E-state index contributed by atoms with van der Waals surface area (Å²) in [7, 11) is 0. The zero-order valence-electron chi connectivity index (χ0n) is 29.6. The maximum atomic E-state index is 13.0. The van der Waals surface area contributed by atoms with Crippen molar-refractivity contribution in [3.05, 3.63) is 113 Å². The van der Waals surface area contributed by atoms with E-state index in [0.29, 0.717) is 29.2 Å². The van der Waals surface area contributed by atoms with Crippen LogP contribution in [0.1, 0.15) is 35.2 Å². The smallest absolute Gasteiger partial charge is 0.422 e. The zero-order chi connectivity index (χ0) is 40.6. The molecule has 6 rings (SSSR count). The molecule has 15 nitrogen and oxygen atoms in total. The van der Waals surface area contributed by atoms with E-state index < -0.39 is 54.1 Å². The van der Waals surface area contributed by atoms with Crippen LogP contribution in [0.3, 0.4) is 0 Å². The first-order valence-electron chi connectivity index (χ1n) is 17.3. The van der Waals surface area contributed by atoms with E-state index in [4.69, 9.17) is 16.3 Å². The van der Waals surface area contributed by atoms with Crippen molar-refractivity contribution >= 4 is 58.6 Å². The largest absolute Gasteiger partial charge is 0.480 e. The molecule has 3 aromatic carbocycles. The summed E-state index contributed by atoms with van der Waals surface area (Å²) in [5.41, 5.74) is 2.63. The Bertz CT molecular complexity index is 2240. The predicted octanol–water partition coefficient (Wildman–Crippen LogP) is 5.70. The fourth-order valence-electron chi connectivity index (χ4n) is 5.51. The first-order valence-corrected chi connectivity index (χ1v) is 17.6. The third-order valence-corrected chi connectivity index (χ3v) is 8.78. The second-order valence-electron chi connectivity index (χ2n) is 12.8. The van der Waals surface area contributed by atoms with E-state index in [2.05, 4.69) is 46.5 Å². The van der Waals surface area contributed by atoms with Gasteiger partial charge in [-0.2, -0.15) is 28.1 Å². The summed E-state index contributed by atoms with van der Waals surface area (Å²) in [5.74, 6) is -4.31. The fraction of sp³-hybridized carbons (Fsp3) is 0.211. The summed E-state index contributed by atoms with van der Waals surface area (Å²) < 4.78 is 43.7. The summed E-state index contributed by atoms with van der Waals surface area (Å²) >= 11 is 6.02. The molecule has 0 aliphatic heterocycles. The molecule has 0 spiro atoms. The summed E-state index contributed by atoms with van der Waals surface area (Å²) in [6.07, 6.45) is -0.219. The van der Waals surface area contributed by atoms with E-state index in [-0.39, 0.29) is 30.4 Å². The van der Waals surface area contributed by atoms with Gasteiger partial charge in [0.05, 0.1) is 5.54 Å². The SMILES string of the molecule is O=C(NCC[C@H](NC(=O)c1ccc(Nc2nc(NC3(c4ccc(Cl)cc4)CC3)nc(OCC(F)(F)F)n2)cc1)C(=O)O)C(=O)Nc1cccc(-c2cccnc2)c1. The number of carboxylic acids is 1. The molecule has 2 heterocycles. The molecule has 294 valence electrons. The van der Waals surface area contributed by atoms with Gasteiger partial charge in [-0.1, -0.05) is 41.9 Å². The summed E-state index contributed by atoms with van der Waals surface area (Å²) in [5, 5.41) is 23.5. The van der Waals surface area contributed by atoms with E-state index in [1.807, 2.05) is 24.3 Å². The van der Waals surface area contributed by atoms with Crippen LogP contribution in [0.25, 0.3) is 11.1 Å². The monoisotopic (exact) mass is 803 g/mol. The Morgan fingerprint density at radius 1 is 0.860 bits per heavy atom. The van der Waals surface area contributed by atoms with Gasteiger partial charge in [0, 0.05) is 46.5 Å². The van der Waals surface area contributed by atoms with Crippen molar-refractivity contribution in [2.24, 2.45) is 0 Å². The number of alkyl halides is 3. The third-order valence-electron chi connectivity index (χ3n) is 8.52. The van der Waals surface area contributed by atoms with Crippen LogP contribution in [0.4, 0.5) is 36.4 Å². The van der Waals surface area contributed by atoms with Gasteiger partial charge in [-0.25, -0.2) is 4.79 Å². The Labute approximate surface area is 327 Å². The Balaban J connectivity index is 1.04. The number of carbonyl (C=O) groups excluding carboxylic acids is 3. The minimum Gasteiger partial charge on any atom is -0.480 e. The molecule has 5 aromatic rings. The number of pyridine rings is 1. The number of halogens is 4. The van der Waals surface area contributed by atoms with Crippen LogP contribution < -0.4 is 31.3 Å². The van der Waals surface area contributed by atoms with E-state index in [1.165, 1.54) is 24.3 Å². The molecular weight excluding hydrogens is 771 g/mol. The highest BCUT2D eigenvalue weighted by atomic mass is 35.5. The number of nitrogens with one attached hydrogen (secondary N) is 5. The van der Waals surface area contributed by atoms with E-state index in [1.54, 1.807) is 48.8 Å². The molecule has 0 unspecified atom stereocenters. The van der Waals surface area contributed by atoms with Gasteiger partial charge in [0.15, 0.2) is 6.61 Å². The van der Waals surface area contributed by atoms with Gasteiger partial charge in [-0.15, -0.1) is 0 Å². The Hall–Kier alpha value is -6.82. The fourth-order valence-corrected chi connectivity index (χ4v) is 5.64. The number of hydrogen-bond donors (Lipinski definition) is 6. The van der Waals surface area contributed by atoms with Crippen molar-refractivity contribution < 1.29 is 42.2 Å². The van der Waals surface area contributed by atoms with Crippen LogP contribution in [-0.2, 0) is 19.9 Å².